The van der Waals surface area contributed by atoms with E-state index in [1.807, 2.05) is 0 Å². The van der Waals surface area contributed by atoms with Crippen LogP contribution in [0.15, 0.2) is 12.2 Å². The summed E-state index contributed by atoms with van der Waals surface area (Å²) in [5.74, 6) is 1.12. The predicted octanol–water partition coefficient (Wildman–Crippen LogP) is 1.55. The van der Waals surface area contributed by atoms with Gasteiger partial charge in [0.1, 0.15) is 0 Å². The molecule has 0 heterocycles. The van der Waals surface area contributed by atoms with Gasteiger partial charge in [0.05, 0.1) is 11.5 Å². The van der Waals surface area contributed by atoms with Crippen LogP contribution in [0.2, 0.25) is 0 Å². The van der Waals surface area contributed by atoms with E-state index >= 15 is 0 Å². The van der Waals surface area contributed by atoms with E-state index in [-0.39, 0.29) is 11.5 Å². The lowest BCUT2D eigenvalue weighted by Gasteiger charge is -2.00. The molecule has 2 unspecified atom stereocenters. The Morgan fingerprint density at radius 3 is 2.30 bits per heavy atom. The van der Waals surface area contributed by atoms with Crippen LogP contribution in [-0.4, -0.2) is 16.6 Å². The van der Waals surface area contributed by atoms with E-state index in [2.05, 4.69) is 12.2 Å². The quantitative estimate of drug-likeness (QED) is 0.454. The summed E-state index contributed by atoms with van der Waals surface area (Å²) in [6, 6.07) is 0. The molecule has 2 rings (SSSR count). The first-order valence-corrected chi connectivity index (χ1v) is 4.11. The molecular weight excluding hydrogens is 148 g/mol. The van der Waals surface area contributed by atoms with Crippen LogP contribution in [0, 0.1) is 11.8 Å². The fourth-order valence-electron chi connectivity index (χ4n) is 2.01. The van der Waals surface area contributed by atoms with Gasteiger partial charge in [0.15, 0.2) is 0 Å². The molecule has 1 nitrogen and oxygen atoms in total. The maximum atomic E-state index is 8.94. The number of hydrogen-bond acceptors (Lipinski definition) is 1. The molecule has 0 aromatic heterocycles. The number of allylic oxidation sites excluding steroid dienone is 2. The standard InChI is InChI=1S/C8H11ClO/c9-8(5-10)6-3-1-2-4-7(6)8/h1-2,6-7,10H,3-5H2. The van der Waals surface area contributed by atoms with Crippen LogP contribution in [0.5, 0.6) is 0 Å². The molecular formula is C8H11ClO. The smallest absolute Gasteiger partial charge is 0.0745 e. The molecule has 0 bridgehead atoms. The SMILES string of the molecule is OCC1(Cl)C2CC=CCC21. The molecule has 0 radical (unpaired) electrons. The van der Waals surface area contributed by atoms with E-state index in [9.17, 15) is 0 Å². The van der Waals surface area contributed by atoms with Gasteiger partial charge in [0, 0.05) is 0 Å². The van der Waals surface area contributed by atoms with Crippen molar-refractivity contribution in [3.05, 3.63) is 12.2 Å². The molecule has 0 spiro atoms. The average molecular weight is 159 g/mol. The van der Waals surface area contributed by atoms with Gasteiger partial charge in [0.25, 0.3) is 0 Å². The molecule has 1 fully saturated rings. The fourth-order valence-corrected chi connectivity index (χ4v) is 2.43. The minimum absolute atomic E-state index is 0.144. The Kier molecular flexibility index (Phi) is 1.33. The van der Waals surface area contributed by atoms with Crippen molar-refractivity contribution in [1.29, 1.82) is 0 Å². The van der Waals surface area contributed by atoms with Gasteiger partial charge in [-0.25, -0.2) is 0 Å². The lowest BCUT2D eigenvalue weighted by atomic mass is 10.1. The zero-order chi connectivity index (χ0) is 7.19. The number of fused-ring (bicyclic) bond motifs is 1. The fraction of sp³-hybridized carbons (Fsp3) is 0.750. The highest BCUT2D eigenvalue weighted by Gasteiger charge is 2.62. The Hall–Kier alpha value is -0.0100. The van der Waals surface area contributed by atoms with Crippen LogP contribution in [0.1, 0.15) is 12.8 Å². The second kappa shape index (κ2) is 1.99. The lowest BCUT2D eigenvalue weighted by molar-refractivity contribution is 0.275. The Bertz CT molecular complexity index is 162. The van der Waals surface area contributed by atoms with Crippen LogP contribution in [0.25, 0.3) is 0 Å². The van der Waals surface area contributed by atoms with Crippen LogP contribution < -0.4 is 0 Å². The van der Waals surface area contributed by atoms with Gasteiger partial charge in [-0.3, -0.25) is 0 Å². The number of halogens is 1. The van der Waals surface area contributed by atoms with Gasteiger partial charge in [-0.2, -0.15) is 0 Å². The molecule has 1 N–H and O–H groups in total. The van der Waals surface area contributed by atoms with Crippen molar-refractivity contribution in [2.75, 3.05) is 6.61 Å². The summed E-state index contributed by atoms with van der Waals surface area (Å²) >= 11 is 6.11. The van der Waals surface area contributed by atoms with E-state index in [0.717, 1.165) is 12.8 Å². The summed E-state index contributed by atoms with van der Waals surface area (Å²) in [5.41, 5.74) is 0. The van der Waals surface area contributed by atoms with Crippen molar-refractivity contribution in [2.24, 2.45) is 11.8 Å². The van der Waals surface area contributed by atoms with Crippen molar-refractivity contribution < 1.29 is 5.11 Å². The molecule has 10 heavy (non-hydrogen) atoms. The van der Waals surface area contributed by atoms with E-state index < -0.39 is 0 Å². The van der Waals surface area contributed by atoms with E-state index in [0.29, 0.717) is 11.8 Å². The molecule has 1 saturated carbocycles. The molecule has 0 saturated heterocycles. The van der Waals surface area contributed by atoms with Gasteiger partial charge in [-0.15, -0.1) is 11.6 Å². The van der Waals surface area contributed by atoms with Gasteiger partial charge in [-0.05, 0) is 24.7 Å². The third-order valence-electron chi connectivity index (χ3n) is 2.80. The summed E-state index contributed by atoms with van der Waals surface area (Å²) in [5, 5.41) is 8.94. The molecule has 2 aliphatic carbocycles. The predicted molar refractivity (Wildman–Crippen MR) is 41.0 cm³/mol. The van der Waals surface area contributed by atoms with Crippen LogP contribution in [0.3, 0.4) is 0 Å². The van der Waals surface area contributed by atoms with Crippen molar-refractivity contribution in [1.82, 2.24) is 0 Å². The second-order valence-corrected chi connectivity index (χ2v) is 3.94. The average Bonchev–Trinajstić information content (AvgIpc) is 2.60. The maximum Gasteiger partial charge on any atom is 0.0745 e. The molecule has 2 heteroatoms. The molecule has 0 amide bonds. The lowest BCUT2D eigenvalue weighted by Crippen LogP contribution is -2.09. The number of hydrogen-bond donors (Lipinski definition) is 1. The normalized spacial score (nSPS) is 50.6. The Labute approximate surface area is 65.7 Å². The zero-order valence-corrected chi connectivity index (χ0v) is 6.51. The van der Waals surface area contributed by atoms with Crippen molar-refractivity contribution in [3.8, 4) is 0 Å². The van der Waals surface area contributed by atoms with Crippen molar-refractivity contribution in [2.45, 2.75) is 17.7 Å². The summed E-state index contributed by atoms with van der Waals surface area (Å²) < 4.78 is 0. The third kappa shape index (κ3) is 0.678. The highest BCUT2D eigenvalue weighted by molar-refractivity contribution is 6.26. The minimum Gasteiger partial charge on any atom is -0.395 e. The van der Waals surface area contributed by atoms with E-state index in [1.165, 1.54) is 0 Å². The summed E-state index contributed by atoms with van der Waals surface area (Å²) in [6.07, 6.45) is 6.46. The Morgan fingerprint density at radius 1 is 1.40 bits per heavy atom. The van der Waals surface area contributed by atoms with Gasteiger partial charge >= 0.3 is 0 Å². The number of aliphatic hydroxyl groups excluding tert-OH is 1. The highest BCUT2D eigenvalue weighted by Crippen LogP contribution is 2.60. The summed E-state index contributed by atoms with van der Waals surface area (Å²) in [7, 11) is 0. The largest absolute Gasteiger partial charge is 0.395 e. The topological polar surface area (TPSA) is 20.2 Å². The molecule has 2 atom stereocenters. The van der Waals surface area contributed by atoms with Gasteiger partial charge in [0.2, 0.25) is 0 Å². The first-order valence-electron chi connectivity index (χ1n) is 3.74. The van der Waals surface area contributed by atoms with Gasteiger partial charge < -0.3 is 5.11 Å². The van der Waals surface area contributed by atoms with Gasteiger partial charge in [-0.1, -0.05) is 12.2 Å². The molecule has 56 valence electrons. The van der Waals surface area contributed by atoms with Crippen LogP contribution >= 0.6 is 11.6 Å². The van der Waals surface area contributed by atoms with Crippen molar-refractivity contribution in [3.63, 3.8) is 0 Å². The molecule has 0 aromatic carbocycles. The number of aliphatic hydroxyl groups is 1. The van der Waals surface area contributed by atoms with Crippen molar-refractivity contribution >= 4 is 11.6 Å². The number of rotatable bonds is 1. The van der Waals surface area contributed by atoms with E-state index in [4.69, 9.17) is 16.7 Å². The zero-order valence-electron chi connectivity index (χ0n) is 5.76. The summed E-state index contributed by atoms with van der Waals surface area (Å²) in [4.78, 5) is -0.247. The Balaban J connectivity index is 2.10. The molecule has 2 aliphatic rings. The highest BCUT2D eigenvalue weighted by atomic mass is 35.5. The minimum atomic E-state index is -0.247. The summed E-state index contributed by atoms with van der Waals surface area (Å²) in [6.45, 7) is 0.144. The molecule has 0 aliphatic heterocycles. The first kappa shape index (κ1) is 6.68. The second-order valence-electron chi connectivity index (χ2n) is 3.24. The van der Waals surface area contributed by atoms with Crippen LogP contribution in [-0.2, 0) is 0 Å². The van der Waals surface area contributed by atoms with E-state index in [1.54, 1.807) is 0 Å². The Morgan fingerprint density at radius 2 is 1.90 bits per heavy atom. The number of alkyl halides is 1. The maximum absolute atomic E-state index is 8.94. The monoisotopic (exact) mass is 158 g/mol. The third-order valence-corrected chi connectivity index (χ3v) is 3.48. The van der Waals surface area contributed by atoms with Crippen LogP contribution in [0.4, 0.5) is 0 Å². The first-order chi connectivity index (χ1) is 4.79. The molecule has 0 aromatic rings.